The highest BCUT2D eigenvalue weighted by Crippen LogP contribution is 2.16. The molecule has 1 saturated heterocycles. The summed E-state index contributed by atoms with van der Waals surface area (Å²) in [5.74, 6) is -0.0377. The molecule has 0 aliphatic carbocycles. The number of piperazine rings is 1. The first-order chi connectivity index (χ1) is 12.5. The van der Waals surface area contributed by atoms with E-state index in [1.807, 2.05) is 29.2 Å². The summed E-state index contributed by atoms with van der Waals surface area (Å²) in [4.78, 5) is 27.8. The highest BCUT2D eigenvalue weighted by Gasteiger charge is 2.22. The van der Waals surface area contributed by atoms with Crippen molar-refractivity contribution in [2.75, 3.05) is 31.5 Å². The summed E-state index contributed by atoms with van der Waals surface area (Å²) in [5, 5.41) is 3.23. The number of carbonyl (C=O) groups excluding carboxylic acids is 2. The first-order valence-electron chi connectivity index (χ1n) is 8.44. The molecule has 3 amide bonds. The van der Waals surface area contributed by atoms with Gasteiger partial charge in [-0.15, -0.1) is 0 Å². The zero-order valence-electron chi connectivity index (χ0n) is 14.3. The molecule has 6 nitrogen and oxygen atoms in total. The molecule has 1 aliphatic heterocycles. The number of rotatable bonds is 4. The minimum Gasteiger partial charge on any atom is -0.351 e. The number of urea groups is 1. The van der Waals surface area contributed by atoms with E-state index in [9.17, 15) is 9.59 Å². The summed E-state index contributed by atoms with van der Waals surface area (Å²) in [6, 6.07) is 14.0. The Balaban J connectivity index is 1.56. The Hall–Kier alpha value is -2.57. The summed E-state index contributed by atoms with van der Waals surface area (Å²) in [7, 11) is 0. The molecule has 3 rings (SSSR count). The van der Waals surface area contributed by atoms with Crippen LogP contribution in [0, 0.1) is 0 Å². The Labute approximate surface area is 157 Å². The van der Waals surface area contributed by atoms with Gasteiger partial charge in [-0.25, -0.2) is 4.79 Å². The van der Waals surface area contributed by atoms with E-state index in [-0.39, 0.29) is 5.91 Å². The van der Waals surface area contributed by atoms with Gasteiger partial charge in [0.25, 0.3) is 5.91 Å². The molecule has 136 valence electrons. The highest BCUT2D eigenvalue weighted by molar-refractivity contribution is 6.30. The van der Waals surface area contributed by atoms with Gasteiger partial charge in [0.2, 0.25) is 0 Å². The van der Waals surface area contributed by atoms with E-state index in [1.165, 1.54) is 5.56 Å². The molecule has 2 aromatic rings. The number of hydrogen-bond acceptors (Lipinski definition) is 3. The minimum absolute atomic E-state index is 0.0377. The largest absolute Gasteiger partial charge is 0.351 e. The van der Waals surface area contributed by atoms with Crippen LogP contribution in [0.2, 0.25) is 5.02 Å². The molecule has 26 heavy (non-hydrogen) atoms. The number of amides is 3. The zero-order valence-corrected chi connectivity index (χ0v) is 15.1. The number of nitrogens with one attached hydrogen (secondary N) is 1. The second kappa shape index (κ2) is 8.21. The predicted molar refractivity (Wildman–Crippen MR) is 102 cm³/mol. The smallest absolute Gasteiger partial charge is 0.316 e. The molecule has 0 atom stereocenters. The lowest BCUT2D eigenvalue weighted by atomic mass is 10.1. The van der Waals surface area contributed by atoms with Gasteiger partial charge >= 0.3 is 6.03 Å². The van der Waals surface area contributed by atoms with Crippen LogP contribution in [-0.4, -0.2) is 47.9 Å². The fourth-order valence-corrected chi connectivity index (χ4v) is 3.14. The molecule has 1 aliphatic rings. The van der Waals surface area contributed by atoms with Gasteiger partial charge in [0.15, 0.2) is 0 Å². The van der Waals surface area contributed by atoms with Crippen LogP contribution in [0.4, 0.5) is 10.5 Å². The average Bonchev–Trinajstić information content (AvgIpc) is 2.63. The number of anilines is 1. The van der Waals surface area contributed by atoms with Crippen LogP contribution in [0.5, 0.6) is 0 Å². The van der Waals surface area contributed by atoms with Crippen molar-refractivity contribution in [3.8, 4) is 0 Å². The molecule has 0 saturated carbocycles. The Morgan fingerprint density at radius 3 is 2.38 bits per heavy atom. The lowest BCUT2D eigenvalue weighted by Gasteiger charge is -2.34. The van der Waals surface area contributed by atoms with Crippen LogP contribution < -0.4 is 11.1 Å². The van der Waals surface area contributed by atoms with Crippen LogP contribution in [-0.2, 0) is 6.54 Å². The van der Waals surface area contributed by atoms with E-state index < -0.39 is 6.03 Å². The van der Waals surface area contributed by atoms with Gasteiger partial charge in [-0.2, -0.15) is 0 Å². The number of hydrogen-bond donors (Lipinski definition) is 2. The van der Waals surface area contributed by atoms with Crippen molar-refractivity contribution >= 4 is 29.2 Å². The van der Waals surface area contributed by atoms with E-state index in [4.69, 9.17) is 17.3 Å². The van der Waals surface area contributed by atoms with Gasteiger partial charge in [0, 0.05) is 49.0 Å². The maximum absolute atomic E-state index is 12.7. The molecule has 0 spiro atoms. The maximum atomic E-state index is 12.7. The molecular formula is C19H21ClN4O2. The van der Waals surface area contributed by atoms with Crippen LogP contribution in [0.1, 0.15) is 15.9 Å². The third kappa shape index (κ3) is 4.74. The van der Waals surface area contributed by atoms with Crippen LogP contribution in [0.25, 0.3) is 0 Å². The molecule has 3 N–H and O–H groups in total. The molecule has 1 fully saturated rings. The molecule has 0 aromatic heterocycles. The van der Waals surface area contributed by atoms with E-state index in [2.05, 4.69) is 10.2 Å². The van der Waals surface area contributed by atoms with Gasteiger partial charge in [-0.3, -0.25) is 9.69 Å². The fraction of sp³-hybridized carbons (Fsp3) is 0.263. The van der Waals surface area contributed by atoms with E-state index in [0.29, 0.717) is 24.3 Å². The summed E-state index contributed by atoms with van der Waals surface area (Å²) >= 11 is 5.92. The van der Waals surface area contributed by atoms with E-state index in [1.54, 1.807) is 24.3 Å². The first-order valence-corrected chi connectivity index (χ1v) is 8.81. The Morgan fingerprint density at radius 2 is 1.73 bits per heavy atom. The maximum Gasteiger partial charge on any atom is 0.316 e. The number of halogens is 1. The standard InChI is InChI=1S/C19H21ClN4O2/c20-16-6-4-14(5-7-16)13-23-8-10-24(11-9-23)18(25)15-2-1-3-17(12-15)22-19(21)26/h1-7,12H,8-11,13H2,(H3,21,22,26). The summed E-state index contributed by atoms with van der Waals surface area (Å²) < 4.78 is 0. The monoisotopic (exact) mass is 372 g/mol. The topological polar surface area (TPSA) is 78.7 Å². The lowest BCUT2D eigenvalue weighted by molar-refractivity contribution is 0.0628. The summed E-state index contributed by atoms with van der Waals surface area (Å²) in [6.45, 7) is 3.80. The van der Waals surface area contributed by atoms with Crippen molar-refractivity contribution in [2.24, 2.45) is 5.73 Å². The van der Waals surface area contributed by atoms with Crippen molar-refractivity contribution in [2.45, 2.75) is 6.54 Å². The third-order valence-corrected chi connectivity index (χ3v) is 4.61. The van der Waals surface area contributed by atoms with E-state index >= 15 is 0 Å². The van der Waals surface area contributed by atoms with Crippen molar-refractivity contribution < 1.29 is 9.59 Å². The normalized spacial score (nSPS) is 14.9. The molecule has 2 aromatic carbocycles. The van der Waals surface area contributed by atoms with Crippen LogP contribution in [0.15, 0.2) is 48.5 Å². The highest BCUT2D eigenvalue weighted by atomic mass is 35.5. The van der Waals surface area contributed by atoms with Gasteiger partial charge in [0.05, 0.1) is 0 Å². The van der Waals surface area contributed by atoms with E-state index in [0.717, 1.165) is 24.7 Å². The van der Waals surface area contributed by atoms with Crippen molar-refractivity contribution in [1.82, 2.24) is 9.80 Å². The second-order valence-corrected chi connectivity index (χ2v) is 6.70. The number of nitrogens with two attached hydrogens (primary N) is 1. The van der Waals surface area contributed by atoms with Crippen LogP contribution >= 0.6 is 11.6 Å². The van der Waals surface area contributed by atoms with Crippen LogP contribution in [0.3, 0.4) is 0 Å². The Bertz CT molecular complexity index is 786. The summed E-state index contributed by atoms with van der Waals surface area (Å²) in [5.41, 5.74) is 7.39. The number of nitrogens with zero attached hydrogens (tertiary/aromatic N) is 2. The summed E-state index contributed by atoms with van der Waals surface area (Å²) in [6.07, 6.45) is 0. The molecule has 0 unspecified atom stereocenters. The quantitative estimate of drug-likeness (QED) is 0.866. The average molecular weight is 373 g/mol. The van der Waals surface area contributed by atoms with Gasteiger partial charge in [-0.05, 0) is 35.9 Å². The number of benzene rings is 2. The molecular weight excluding hydrogens is 352 g/mol. The molecule has 0 bridgehead atoms. The molecule has 7 heteroatoms. The fourth-order valence-electron chi connectivity index (χ4n) is 3.01. The zero-order chi connectivity index (χ0) is 18.5. The second-order valence-electron chi connectivity index (χ2n) is 6.26. The van der Waals surface area contributed by atoms with Gasteiger partial charge < -0.3 is 16.0 Å². The Morgan fingerprint density at radius 1 is 1.04 bits per heavy atom. The van der Waals surface area contributed by atoms with Crippen molar-refractivity contribution in [3.63, 3.8) is 0 Å². The first kappa shape index (κ1) is 18.2. The number of primary amides is 1. The predicted octanol–water partition coefficient (Wildman–Crippen LogP) is 2.79. The lowest BCUT2D eigenvalue weighted by Crippen LogP contribution is -2.48. The van der Waals surface area contributed by atoms with Gasteiger partial charge in [-0.1, -0.05) is 29.8 Å². The SMILES string of the molecule is NC(=O)Nc1cccc(C(=O)N2CCN(Cc3ccc(Cl)cc3)CC2)c1. The van der Waals surface area contributed by atoms with Gasteiger partial charge in [0.1, 0.15) is 0 Å². The van der Waals surface area contributed by atoms with Crippen molar-refractivity contribution in [1.29, 1.82) is 0 Å². The molecule has 0 radical (unpaired) electrons. The number of carbonyl (C=O) groups is 2. The Kier molecular flexibility index (Phi) is 5.75. The molecule has 1 heterocycles. The minimum atomic E-state index is -0.648. The third-order valence-electron chi connectivity index (χ3n) is 4.36. The van der Waals surface area contributed by atoms with Crippen molar-refractivity contribution in [3.05, 3.63) is 64.7 Å².